The lowest BCUT2D eigenvalue weighted by Crippen LogP contribution is -2.62. The predicted octanol–water partition coefficient (Wildman–Crippen LogP) is 14.1. The summed E-state index contributed by atoms with van der Waals surface area (Å²) in [5.41, 5.74) is 20.4. The number of aromatic nitrogens is 2. The van der Waals surface area contributed by atoms with Gasteiger partial charge in [-0.2, -0.15) is 0 Å². The lowest BCUT2D eigenvalue weighted by atomic mass is 9.31. The second-order valence-corrected chi connectivity index (χ2v) is 23.1. The van der Waals surface area contributed by atoms with Crippen molar-refractivity contribution in [3.8, 4) is 56.6 Å². The molecule has 344 valence electrons. The van der Waals surface area contributed by atoms with E-state index >= 15 is 0 Å². The van der Waals surface area contributed by atoms with E-state index in [9.17, 15) is 0 Å². The van der Waals surface area contributed by atoms with Crippen LogP contribution in [0.4, 0.5) is 0 Å². The van der Waals surface area contributed by atoms with Gasteiger partial charge >= 0.3 is 0 Å². The summed E-state index contributed by atoms with van der Waals surface area (Å²) in [5.74, 6) is 3.55. The van der Waals surface area contributed by atoms with Gasteiger partial charge in [-0.05, 0) is 123 Å². The summed E-state index contributed by atoms with van der Waals surface area (Å²) in [6.07, 6.45) is 0. The molecule has 15 aromatic rings. The first-order chi connectivity index (χ1) is 37.1. The molecule has 0 fully saturated rings. The van der Waals surface area contributed by atoms with Gasteiger partial charge in [-0.25, -0.2) is 0 Å². The maximum absolute atomic E-state index is 7.59. The highest BCUT2D eigenvalue weighted by atomic mass is 32.1. The number of nitrogens with zero attached hydrogens (tertiary/aromatic N) is 2. The van der Waals surface area contributed by atoms with Crippen LogP contribution in [0.25, 0.3) is 118 Å². The van der Waals surface area contributed by atoms with Crippen LogP contribution >= 0.6 is 22.7 Å². The van der Waals surface area contributed by atoms with Crippen LogP contribution in [0.1, 0.15) is 5.56 Å². The molecule has 4 nitrogen and oxygen atoms in total. The number of thiophene rings is 2. The molecule has 0 saturated heterocycles. The highest BCUT2D eigenvalue weighted by Gasteiger charge is 2.47. The Morgan fingerprint density at radius 3 is 1.28 bits per heavy atom. The van der Waals surface area contributed by atoms with E-state index < -0.39 is 0 Å². The number of hydrogen-bond donors (Lipinski definition) is 0. The quantitative estimate of drug-likeness (QED) is 0.162. The fourth-order valence-corrected chi connectivity index (χ4v) is 16.7. The van der Waals surface area contributed by atoms with E-state index in [0.29, 0.717) is 0 Å². The molecule has 0 atom stereocenters. The molecule has 0 amide bonds. The van der Waals surface area contributed by atoms with Crippen LogP contribution in [0.2, 0.25) is 0 Å². The number of hydrogen-bond acceptors (Lipinski definition) is 4. The molecule has 0 radical (unpaired) electrons. The van der Waals surface area contributed by atoms with Crippen LogP contribution in [-0.4, -0.2) is 22.6 Å². The van der Waals surface area contributed by atoms with Crippen LogP contribution in [-0.2, 0) is 0 Å². The number of fused-ring (bicyclic) bond motifs is 20. The monoisotopic (exact) mass is 986 g/mol. The molecular formula is C67H36B2N2O2S2. The molecule has 8 heteroatoms. The van der Waals surface area contributed by atoms with Crippen molar-refractivity contribution < 1.29 is 9.47 Å². The van der Waals surface area contributed by atoms with Gasteiger partial charge in [-0.15, -0.1) is 22.7 Å². The molecule has 0 bridgehead atoms. The van der Waals surface area contributed by atoms with Gasteiger partial charge in [0.2, 0.25) is 0 Å². The van der Waals surface area contributed by atoms with E-state index in [0.717, 1.165) is 39.7 Å². The normalized spacial score (nSPS) is 13.6. The Kier molecular flexibility index (Phi) is 7.34. The minimum atomic E-state index is -0.0925. The molecule has 75 heavy (non-hydrogen) atoms. The Bertz CT molecular complexity index is 4870. The maximum atomic E-state index is 7.59. The zero-order chi connectivity index (χ0) is 48.5. The Labute approximate surface area is 438 Å². The van der Waals surface area contributed by atoms with E-state index in [4.69, 9.17) is 9.47 Å². The molecule has 0 unspecified atom stereocenters. The van der Waals surface area contributed by atoms with Gasteiger partial charge < -0.3 is 18.6 Å². The third-order valence-electron chi connectivity index (χ3n) is 17.4. The molecule has 4 aliphatic heterocycles. The summed E-state index contributed by atoms with van der Waals surface area (Å²) in [4.78, 5) is 0. The third-order valence-corrected chi connectivity index (χ3v) is 19.6. The van der Waals surface area contributed by atoms with Crippen molar-refractivity contribution in [2.75, 3.05) is 0 Å². The topological polar surface area (TPSA) is 28.3 Å². The maximum Gasteiger partial charge on any atom is 0.256 e. The van der Waals surface area contributed by atoms with Crippen molar-refractivity contribution in [1.29, 1.82) is 0 Å². The Morgan fingerprint density at radius 1 is 0.373 bits per heavy atom. The van der Waals surface area contributed by atoms with E-state index in [1.807, 2.05) is 22.7 Å². The summed E-state index contributed by atoms with van der Waals surface area (Å²) in [7, 11) is 0. The minimum Gasteiger partial charge on any atom is -0.458 e. The molecule has 0 saturated carbocycles. The zero-order valence-corrected chi connectivity index (χ0v) is 41.9. The SMILES string of the molecule is Cc1c2c(cc3c1Oc1cc(-c4cccc5sc6ccccc6c45)cc4c1B3c1cccc3c5ccccc5n-4c13)B1c3c(cc(-c4cccc5sc6ccccc6c45)cc3-n3c4ccccc4c4cccc1c43)O2. The van der Waals surface area contributed by atoms with Gasteiger partial charge in [0.05, 0.1) is 11.0 Å². The van der Waals surface area contributed by atoms with Crippen molar-refractivity contribution in [3.05, 3.63) is 206 Å². The van der Waals surface area contributed by atoms with E-state index in [2.05, 4.69) is 216 Å². The molecule has 0 aliphatic carbocycles. The van der Waals surface area contributed by atoms with Crippen LogP contribution < -0.4 is 42.3 Å². The summed E-state index contributed by atoms with van der Waals surface area (Å²) < 4.78 is 25.4. The standard InChI is InChI=1S/C67H36B2N2O2S2/c1-35-66-48(68-46-22-10-20-42-40-14-2-6-24-50(40)70(64(42)46)52-30-36(32-54(72-66)62(52)68)38-18-12-28-58-60(38)44-16-4-8-26-56(44)74-58)34-49-67(35)73-55-33-37(39-19-13-29-59-61(39)45-17-5-9-27-57(45)75-59)31-53-63(55)69(49)47-23-11-21-43-41-15-3-7-25-51(41)71(53)65(43)47/h2-34H,1H3. The van der Waals surface area contributed by atoms with Crippen molar-refractivity contribution in [2.24, 2.45) is 0 Å². The highest BCUT2D eigenvalue weighted by molar-refractivity contribution is 7.26. The van der Waals surface area contributed by atoms with Crippen LogP contribution in [0.5, 0.6) is 23.0 Å². The van der Waals surface area contributed by atoms with Crippen molar-refractivity contribution in [1.82, 2.24) is 9.13 Å². The number of rotatable bonds is 2. The highest BCUT2D eigenvalue weighted by Crippen LogP contribution is 2.48. The van der Waals surface area contributed by atoms with Crippen molar-refractivity contribution in [2.45, 2.75) is 6.92 Å². The first-order valence-electron chi connectivity index (χ1n) is 25.9. The van der Waals surface area contributed by atoms with Gasteiger partial charge in [-0.3, -0.25) is 0 Å². The van der Waals surface area contributed by atoms with E-state index in [-0.39, 0.29) is 13.4 Å². The van der Waals surface area contributed by atoms with E-state index in [1.54, 1.807) is 0 Å². The molecule has 4 aromatic heterocycles. The lowest BCUT2D eigenvalue weighted by molar-refractivity contribution is 0.459. The van der Waals surface area contributed by atoms with Crippen molar-refractivity contribution in [3.63, 3.8) is 0 Å². The Balaban J connectivity index is 0.901. The molecular weight excluding hydrogens is 951 g/mol. The number of benzene rings is 11. The molecule has 19 rings (SSSR count). The second kappa shape index (κ2) is 13.9. The lowest BCUT2D eigenvalue weighted by Gasteiger charge is -2.38. The van der Waals surface area contributed by atoms with Gasteiger partial charge in [0, 0.05) is 89.9 Å². The van der Waals surface area contributed by atoms with E-state index in [1.165, 1.54) is 139 Å². The Hall–Kier alpha value is -8.81. The predicted molar refractivity (Wildman–Crippen MR) is 319 cm³/mol. The third kappa shape index (κ3) is 4.87. The van der Waals surface area contributed by atoms with Crippen LogP contribution in [0.15, 0.2) is 200 Å². The summed E-state index contributed by atoms with van der Waals surface area (Å²) >= 11 is 3.73. The molecule has 4 aliphatic rings. The fourth-order valence-electron chi connectivity index (χ4n) is 14.5. The number of para-hydroxylation sites is 4. The van der Waals surface area contributed by atoms with Gasteiger partial charge in [-0.1, -0.05) is 140 Å². The average Bonchev–Trinajstić information content (AvgIpc) is 4.31. The first kappa shape index (κ1) is 39.7. The van der Waals surface area contributed by atoms with Gasteiger partial charge in [0.15, 0.2) is 0 Å². The van der Waals surface area contributed by atoms with Crippen LogP contribution in [0.3, 0.4) is 0 Å². The second-order valence-electron chi connectivity index (χ2n) is 21.0. The summed E-state index contributed by atoms with van der Waals surface area (Å²) in [5, 5.41) is 10.2. The molecule has 0 spiro atoms. The zero-order valence-electron chi connectivity index (χ0n) is 40.2. The largest absolute Gasteiger partial charge is 0.458 e. The van der Waals surface area contributed by atoms with Gasteiger partial charge in [0.1, 0.15) is 23.0 Å². The fraction of sp³-hybridized carbons (Fsp3) is 0.0149. The first-order valence-corrected chi connectivity index (χ1v) is 27.5. The van der Waals surface area contributed by atoms with Crippen molar-refractivity contribution >= 4 is 153 Å². The smallest absolute Gasteiger partial charge is 0.256 e. The Morgan fingerprint density at radius 2 is 0.787 bits per heavy atom. The van der Waals surface area contributed by atoms with Gasteiger partial charge in [0.25, 0.3) is 13.4 Å². The molecule has 11 aromatic carbocycles. The summed E-state index contributed by atoms with van der Waals surface area (Å²) in [6.45, 7) is 2.05. The molecule has 8 heterocycles. The average molecular weight is 987 g/mol. The van der Waals surface area contributed by atoms with Crippen LogP contribution in [0, 0.1) is 6.92 Å². The number of ether oxygens (including phenoxy) is 2. The summed E-state index contributed by atoms with van der Waals surface area (Å²) in [6, 6.07) is 75.0. The minimum absolute atomic E-state index is 0.0925. The molecule has 0 N–H and O–H groups in total.